The van der Waals surface area contributed by atoms with Gasteiger partial charge in [-0.3, -0.25) is 19.3 Å². The minimum absolute atomic E-state index is 0.00524. The van der Waals surface area contributed by atoms with E-state index in [1.165, 1.54) is 4.90 Å². The van der Waals surface area contributed by atoms with Crippen molar-refractivity contribution in [1.82, 2.24) is 10.2 Å². The van der Waals surface area contributed by atoms with Gasteiger partial charge in [0.2, 0.25) is 11.7 Å². The van der Waals surface area contributed by atoms with E-state index in [0.29, 0.717) is 23.4 Å². The highest BCUT2D eigenvalue weighted by Crippen LogP contribution is 2.54. The lowest BCUT2D eigenvalue weighted by atomic mass is 9.57. The average Bonchev–Trinajstić information content (AvgIpc) is 2.85. The van der Waals surface area contributed by atoms with Gasteiger partial charge >= 0.3 is 0 Å². The molecule has 228 valence electrons. The number of benzene rings is 1. The molecule has 2 saturated carbocycles. The van der Waals surface area contributed by atoms with Gasteiger partial charge in [0.1, 0.15) is 22.8 Å². The van der Waals surface area contributed by atoms with Crippen LogP contribution in [0.25, 0.3) is 5.76 Å². The van der Waals surface area contributed by atoms with Crippen molar-refractivity contribution in [1.29, 1.82) is 0 Å². The van der Waals surface area contributed by atoms with Gasteiger partial charge in [-0.2, -0.15) is 0 Å². The molecule has 1 amide bonds. The predicted molar refractivity (Wildman–Crippen MR) is 148 cm³/mol. The summed E-state index contributed by atoms with van der Waals surface area (Å²) in [5, 5.41) is 48.7. The number of carbonyl (C=O) groups excluding carboxylic acids is 3. The van der Waals surface area contributed by atoms with Crippen molar-refractivity contribution in [2.24, 2.45) is 23.5 Å². The Morgan fingerprint density at radius 1 is 1.14 bits per heavy atom. The van der Waals surface area contributed by atoms with Gasteiger partial charge in [0, 0.05) is 56.2 Å². The Labute approximate surface area is 241 Å². The molecule has 5 rings (SSSR count). The molecular formula is C29H36F2N4O7. The van der Waals surface area contributed by atoms with E-state index < -0.39 is 64.0 Å². The molecule has 0 spiro atoms. The summed E-state index contributed by atoms with van der Waals surface area (Å²) < 4.78 is 26.5. The molecule has 4 atom stereocenters. The van der Waals surface area contributed by atoms with E-state index in [2.05, 4.69) is 5.32 Å². The molecule has 0 aromatic heterocycles. The number of anilines is 1. The number of aliphatic hydroxyl groups is 3. The number of ketones is 2. The summed E-state index contributed by atoms with van der Waals surface area (Å²) in [5.41, 5.74) is 3.10. The molecule has 0 radical (unpaired) electrons. The molecule has 2 fully saturated rings. The molecule has 1 aromatic rings. The lowest BCUT2D eigenvalue weighted by molar-refractivity contribution is -0.153. The number of nitrogens with zero attached hydrogens (tertiary/aromatic N) is 2. The molecular weight excluding hydrogens is 554 g/mol. The number of nitrogens with two attached hydrogens (primary N) is 1. The molecule has 4 aliphatic carbocycles. The summed E-state index contributed by atoms with van der Waals surface area (Å²) >= 11 is 0. The van der Waals surface area contributed by atoms with Crippen LogP contribution in [0.3, 0.4) is 0 Å². The smallest absolute Gasteiger partial charge is 0.255 e. The average molecular weight is 591 g/mol. The standard InChI is InChI=1S/C29H36F2N4O7/c1-34(2)17-7-14(11-33-10-12-8-28(30,31)9-12)22(36)19-15(17)5-13-6-16-21(35(3)4)24(38)20(27(32)41)26(40)29(16,42)25(39)18(13)23(19)37/h7,12-13,16,21,33,36-37,40,42H,5-6,8-11H2,1-4H3,(H2,32,41)/t13-,16-,21-,29-/m0/s1. The number of phenols is 1. The van der Waals surface area contributed by atoms with Crippen molar-refractivity contribution in [3.05, 3.63) is 39.7 Å². The van der Waals surface area contributed by atoms with E-state index in [4.69, 9.17) is 5.73 Å². The number of carbonyl (C=O) groups is 3. The Balaban J connectivity index is 1.59. The van der Waals surface area contributed by atoms with Crippen LogP contribution in [0.15, 0.2) is 23.0 Å². The second-order valence-electron chi connectivity index (χ2n) is 12.4. The third-order valence-corrected chi connectivity index (χ3v) is 9.18. The van der Waals surface area contributed by atoms with Crippen LogP contribution in [-0.2, 0) is 27.3 Å². The third-order valence-electron chi connectivity index (χ3n) is 9.18. The van der Waals surface area contributed by atoms with E-state index in [1.54, 1.807) is 39.2 Å². The Kier molecular flexibility index (Phi) is 7.14. The molecule has 0 aliphatic heterocycles. The van der Waals surface area contributed by atoms with Gasteiger partial charge in [0.15, 0.2) is 11.4 Å². The number of nitrogens with one attached hydrogen (secondary N) is 1. The first kappa shape index (κ1) is 29.9. The minimum Gasteiger partial charge on any atom is -0.508 e. The number of halogens is 2. The molecule has 0 unspecified atom stereocenters. The highest BCUT2D eigenvalue weighted by Gasteiger charge is 2.64. The van der Waals surface area contributed by atoms with E-state index in [0.717, 1.165) is 0 Å². The zero-order valence-corrected chi connectivity index (χ0v) is 23.9. The number of rotatable bonds is 7. The molecule has 7 N–H and O–H groups in total. The molecule has 0 bridgehead atoms. The second kappa shape index (κ2) is 10.0. The Morgan fingerprint density at radius 2 is 1.79 bits per heavy atom. The first-order valence-electron chi connectivity index (χ1n) is 13.8. The van der Waals surface area contributed by atoms with E-state index in [-0.39, 0.29) is 55.0 Å². The zero-order valence-electron chi connectivity index (χ0n) is 23.9. The van der Waals surface area contributed by atoms with Gasteiger partial charge in [0.05, 0.1) is 11.6 Å². The first-order valence-corrected chi connectivity index (χ1v) is 13.8. The Hall–Kier alpha value is -3.55. The van der Waals surface area contributed by atoms with Gasteiger partial charge in [-0.1, -0.05) is 0 Å². The fourth-order valence-corrected chi connectivity index (χ4v) is 7.22. The van der Waals surface area contributed by atoms with Crippen molar-refractivity contribution in [2.45, 2.75) is 49.8 Å². The van der Waals surface area contributed by atoms with Gasteiger partial charge in [0.25, 0.3) is 5.91 Å². The van der Waals surface area contributed by atoms with Crippen LogP contribution >= 0.6 is 0 Å². The van der Waals surface area contributed by atoms with Gasteiger partial charge < -0.3 is 36.4 Å². The van der Waals surface area contributed by atoms with Crippen molar-refractivity contribution in [3.63, 3.8) is 0 Å². The molecule has 13 heteroatoms. The number of likely N-dealkylation sites (N-methyl/N-ethyl adjacent to an activating group) is 1. The fourth-order valence-electron chi connectivity index (χ4n) is 7.22. The number of hydrogen-bond acceptors (Lipinski definition) is 10. The lowest BCUT2D eigenvalue weighted by Gasteiger charge is -2.50. The molecule has 1 aromatic carbocycles. The largest absolute Gasteiger partial charge is 0.508 e. The van der Waals surface area contributed by atoms with Crippen LogP contribution in [0, 0.1) is 17.8 Å². The highest BCUT2D eigenvalue weighted by molar-refractivity contribution is 6.24. The number of hydrogen-bond donors (Lipinski definition) is 6. The van der Waals surface area contributed by atoms with Crippen molar-refractivity contribution in [2.75, 3.05) is 39.6 Å². The maximum Gasteiger partial charge on any atom is 0.255 e. The van der Waals surface area contributed by atoms with Crippen molar-refractivity contribution < 1.29 is 43.6 Å². The number of primary amides is 1. The summed E-state index contributed by atoms with van der Waals surface area (Å²) in [5.74, 6) is -9.91. The number of aromatic hydroxyl groups is 1. The first-order chi connectivity index (χ1) is 19.5. The summed E-state index contributed by atoms with van der Waals surface area (Å²) in [6, 6.07) is 0.573. The Bertz CT molecular complexity index is 1450. The maximum atomic E-state index is 14.0. The van der Waals surface area contributed by atoms with Crippen LogP contribution in [0.1, 0.15) is 36.0 Å². The summed E-state index contributed by atoms with van der Waals surface area (Å²) in [6.07, 6.45) is -0.258. The van der Waals surface area contributed by atoms with Crippen LogP contribution in [0.5, 0.6) is 5.75 Å². The van der Waals surface area contributed by atoms with Crippen molar-refractivity contribution in [3.8, 4) is 5.75 Å². The topological polar surface area (TPSA) is 177 Å². The number of aliphatic hydroxyl groups excluding tert-OH is 2. The number of fused-ring (bicyclic) bond motifs is 3. The zero-order chi connectivity index (χ0) is 31.0. The SMILES string of the molecule is CN(C)c1cc(CNCC2CC(F)(F)C2)c(O)c2c1C[C@H]1C[C@H]3[C@H](N(C)C)C(=O)C(C(N)=O)=C(O)[C@@]3(O)C(=O)C1=C2O. The van der Waals surface area contributed by atoms with Crippen LogP contribution in [-0.4, -0.2) is 95.1 Å². The van der Waals surface area contributed by atoms with Crippen LogP contribution < -0.4 is 16.0 Å². The summed E-state index contributed by atoms with van der Waals surface area (Å²) in [7, 11) is 6.64. The van der Waals surface area contributed by atoms with Gasteiger partial charge in [-0.05, 0) is 56.9 Å². The number of alkyl halides is 2. The fraction of sp³-hybridized carbons (Fsp3) is 0.552. The quantitative estimate of drug-likeness (QED) is 0.253. The van der Waals surface area contributed by atoms with Crippen LogP contribution in [0.4, 0.5) is 14.5 Å². The molecule has 0 heterocycles. The molecule has 4 aliphatic rings. The molecule has 0 saturated heterocycles. The lowest BCUT2D eigenvalue weighted by Crippen LogP contribution is -2.65. The van der Waals surface area contributed by atoms with Gasteiger partial charge in [-0.15, -0.1) is 0 Å². The van der Waals surface area contributed by atoms with Crippen LogP contribution in [0.2, 0.25) is 0 Å². The predicted octanol–water partition coefficient (Wildman–Crippen LogP) is 1.16. The van der Waals surface area contributed by atoms with Gasteiger partial charge in [-0.25, -0.2) is 8.78 Å². The van der Waals surface area contributed by atoms with E-state index >= 15 is 0 Å². The molecule has 11 nitrogen and oxygen atoms in total. The number of amides is 1. The summed E-state index contributed by atoms with van der Waals surface area (Å²) in [6.45, 7) is 0.414. The van der Waals surface area contributed by atoms with E-state index in [1.807, 2.05) is 0 Å². The highest BCUT2D eigenvalue weighted by atomic mass is 19.3. The Morgan fingerprint density at radius 3 is 2.33 bits per heavy atom. The normalized spacial score (nSPS) is 28.8. The molecule has 42 heavy (non-hydrogen) atoms. The summed E-state index contributed by atoms with van der Waals surface area (Å²) in [4.78, 5) is 42.6. The third kappa shape index (κ3) is 4.36. The minimum atomic E-state index is -2.71. The number of phenolic OH excluding ortho intramolecular Hbond substituents is 1. The van der Waals surface area contributed by atoms with Crippen molar-refractivity contribution >= 4 is 28.9 Å². The second-order valence-corrected chi connectivity index (χ2v) is 12.4. The number of Topliss-reactive ketones (excluding diaryl/α,β-unsaturated/α-hetero) is 2. The maximum absolute atomic E-state index is 14.0. The monoisotopic (exact) mass is 590 g/mol. The van der Waals surface area contributed by atoms with E-state index in [9.17, 15) is 43.6 Å².